The lowest BCUT2D eigenvalue weighted by Gasteiger charge is -2.27. The van der Waals surface area contributed by atoms with E-state index in [1.165, 1.54) is 0 Å². The van der Waals surface area contributed by atoms with E-state index in [0.717, 1.165) is 0 Å². The molecule has 2 aliphatic rings. The summed E-state index contributed by atoms with van der Waals surface area (Å²) < 4.78 is 27.6. The Kier molecular flexibility index (Phi) is 3.88. The van der Waals surface area contributed by atoms with Crippen molar-refractivity contribution in [1.82, 2.24) is 10.2 Å². The Morgan fingerprint density at radius 1 is 1.35 bits per heavy atom. The summed E-state index contributed by atoms with van der Waals surface area (Å²) in [6.07, 6.45) is 0.658. The smallest absolute Gasteiger partial charge is 0.317 e. The van der Waals surface area contributed by atoms with Gasteiger partial charge in [0.15, 0.2) is 9.84 Å². The van der Waals surface area contributed by atoms with Crippen molar-refractivity contribution in [3.8, 4) is 0 Å². The van der Waals surface area contributed by atoms with Crippen molar-refractivity contribution in [2.45, 2.75) is 6.42 Å². The molecule has 0 aromatic carbocycles. The van der Waals surface area contributed by atoms with Crippen LogP contribution in [-0.4, -0.2) is 63.7 Å². The van der Waals surface area contributed by atoms with E-state index in [2.05, 4.69) is 5.32 Å². The molecule has 98 valence electrons. The number of rotatable bonds is 2. The van der Waals surface area contributed by atoms with Crippen LogP contribution in [0.5, 0.6) is 0 Å². The Bertz CT molecular complexity index is 376. The van der Waals surface area contributed by atoms with E-state index in [1.807, 2.05) is 0 Å². The van der Waals surface area contributed by atoms with Gasteiger partial charge in [0.1, 0.15) is 0 Å². The van der Waals surface area contributed by atoms with Gasteiger partial charge in [0.2, 0.25) is 0 Å². The van der Waals surface area contributed by atoms with E-state index in [0.29, 0.717) is 39.3 Å². The molecule has 2 fully saturated rings. The summed E-state index contributed by atoms with van der Waals surface area (Å²) >= 11 is 0. The standard InChI is InChI=1S/C10H18N2O4S/c13-10(12-2-4-16-5-3-12)11-7-9-1-6-17(14,15)8-9/h9H,1-8H2,(H,11,13)/t9-/m1/s1. The highest BCUT2D eigenvalue weighted by Gasteiger charge is 2.28. The monoisotopic (exact) mass is 262 g/mol. The molecular formula is C10H18N2O4S. The minimum Gasteiger partial charge on any atom is -0.378 e. The van der Waals surface area contributed by atoms with Gasteiger partial charge in [-0.15, -0.1) is 0 Å². The molecule has 2 saturated heterocycles. The number of amides is 2. The van der Waals surface area contributed by atoms with Crippen molar-refractivity contribution in [2.75, 3.05) is 44.4 Å². The van der Waals surface area contributed by atoms with Crippen LogP contribution in [0.4, 0.5) is 4.79 Å². The fourth-order valence-corrected chi connectivity index (χ4v) is 4.00. The summed E-state index contributed by atoms with van der Waals surface area (Å²) in [6, 6.07) is -0.113. The summed E-state index contributed by atoms with van der Waals surface area (Å²) in [5.74, 6) is 0.534. The molecule has 0 aromatic rings. The van der Waals surface area contributed by atoms with E-state index in [-0.39, 0.29) is 23.5 Å². The molecule has 2 rings (SSSR count). The Morgan fingerprint density at radius 2 is 2.06 bits per heavy atom. The van der Waals surface area contributed by atoms with Crippen molar-refractivity contribution in [1.29, 1.82) is 0 Å². The lowest BCUT2D eigenvalue weighted by Crippen LogP contribution is -2.47. The SMILES string of the molecule is O=C(NC[C@H]1CCS(=O)(=O)C1)N1CCOCC1. The van der Waals surface area contributed by atoms with Gasteiger partial charge >= 0.3 is 6.03 Å². The highest BCUT2D eigenvalue weighted by Crippen LogP contribution is 2.17. The van der Waals surface area contributed by atoms with Crippen molar-refractivity contribution in [3.63, 3.8) is 0 Å². The van der Waals surface area contributed by atoms with Gasteiger partial charge < -0.3 is 15.0 Å². The molecule has 0 radical (unpaired) electrons. The largest absolute Gasteiger partial charge is 0.378 e. The van der Waals surface area contributed by atoms with E-state index in [4.69, 9.17) is 4.74 Å². The summed E-state index contributed by atoms with van der Waals surface area (Å²) in [5, 5.41) is 2.80. The molecule has 1 atom stereocenters. The minimum atomic E-state index is -2.85. The number of nitrogens with zero attached hydrogens (tertiary/aromatic N) is 1. The Hall–Kier alpha value is -0.820. The second-order valence-electron chi connectivity index (χ2n) is 4.55. The van der Waals surface area contributed by atoms with Crippen LogP contribution in [0, 0.1) is 5.92 Å². The second kappa shape index (κ2) is 5.22. The minimum absolute atomic E-state index is 0.0741. The number of hydrogen-bond acceptors (Lipinski definition) is 4. The third kappa shape index (κ3) is 3.57. The van der Waals surface area contributed by atoms with E-state index < -0.39 is 9.84 Å². The van der Waals surface area contributed by atoms with E-state index in [9.17, 15) is 13.2 Å². The summed E-state index contributed by atoms with van der Waals surface area (Å²) in [7, 11) is -2.85. The maximum atomic E-state index is 11.7. The maximum Gasteiger partial charge on any atom is 0.317 e. The number of morpholine rings is 1. The predicted molar refractivity (Wildman–Crippen MR) is 62.6 cm³/mol. The van der Waals surface area contributed by atoms with Crippen LogP contribution in [0.15, 0.2) is 0 Å². The predicted octanol–water partition coefficient (Wildman–Crippen LogP) is -0.537. The van der Waals surface area contributed by atoms with E-state index >= 15 is 0 Å². The molecule has 6 nitrogen and oxygen atoms in total. The first-order valence-corrected chi connectivity index (χ1v) is 7.70. The van der Waals surface area contributed by atoms with Crippen molar-refractivity contribution in [3.05, 3.63) is 0 Å². The molecule has 7 heteroatoms. The van der Waals surface area contributed by atoms with Crippen LogP contribution in [0.25, 0.3) is 0 Å². The third-order valence-corrected chi connectivity index (χ3v) is 5.00. The summed E-state index contributed by atoms with van der Waals surface area (Å²) in [6.45, 7) is 2.81. The van der Waals surface area contributed by atoms with Crippen LogP contribution >= 0.6 is 0 Å². The number of carbonyl (C=O) groups is 1. The van der Waals surface area contributed by atoms with Crippen LogP contribution in [0.3, 0.4) is 0 Å². The highest BCUT2D eigenvalue weighted by molar-refractivity contribution is 7.91. The lowest BCUT2D eigenvalue weighted by atomic mass is 10.1. The van der Waals surface area contributed by atoms with Crippen molar-refractivity contribution in [2.24, 2.45) is 5.92 Å². The van der Waals surface area contributed by atoms with Crippen LogP contribution in [0.1, 0.15) is 6.42 Å². The molecule has 0 unspecified atom stereocenters. The zero-order chi connectivity index (χ0) is 12.3. The molecule has 0 spiro atoms. The molecule has 0 aromatic heterocycles. The average molecular weight is 262 g/mol. The summed E-state index contributed by atoms with van der Waals surface area (Å²) in [5.41, 5.74) is 0. The van der Waals surface area contributed by atoms with Gasteiger partial charge in [-0.3, -0.25) is 0 Å². The van der Waals surface area contributed by atoms with E-state index in [1.54, 1.807) is 4.90 Å². The number of carbonyl (C=O) groups excluding carboxylic acids is 1. The Labute approximate surface area is 101 Å². The number of urea groups is 1. The molecule has 2 amide bonds. The van der Waals surface area contributed by atoms with Crippen LogP contribution in [-0.2, 0) is 14.6 Å². The molecule has 17 heavy (non-hydrogen) atoms. The molecule has 0 saturated carbocycles. The zero-order valence-electron chi connectivity index (χ0n) is 9.72. The normalized spacial score (nSPS) is 28.0. The second-order valence-corrected chi connectivity index (χ2v) is 6.78. The molecule has 2 aliphatic heterocycles. The first-order chi connectivity index (χ1) is 8.07. The first kappa shape index (κ1) is 12.6. The van der Waals surface area contributed by atoms with Gasteiger partial charge in [-0.2, -0.15) is 0 Å². The highest BCUT2D eigenvalue weighted by atomic mass is 32.2. The number of sulfone groups is 1. The quantitative estimate of drug-likeness (QED) is 0.725. The van der Waals surface area contributed by atoms with Crippen molar-refractivity contribution >= 4 is 15.9 Å². The number of hydrogen-bond donors (Lipinski definition) is 1. The molecular weight excluding hydrogens is 244 g/mol. The third-order valence-electron chi connectivity index (χ3n) is 3.17. The average Bonchev–Trinajstić information content (AvgIpc) is 2.67. The van der Waals surface area contributed by atoms with Gasteiger partial charge in [0.05, 0.1) is 24.7 Å². The first-order valence-electron chi connectivity index (χ1n) is 5.88. The maximum absolute atomic E-state index is 11.7. The topological polar surface area (TPSA) is 75.7 Å². The van der Waals surface area contributed by atoms with Gasteiger partial charge in [-0.1, -0.05) is 0 Å². The number of nitrogens with one attached hydrogen (secondary N) is 1. The molecule has 2 heterocycles. The Balaban J connectivity index is 1.73. The fraction of sp³-hybridized carbons (Fsp3) is 0.900. The Morgan fingerprint density at radius 3 is 2.65 bits per heavy atom. The molecule has 0 aliphatic carbocycles. The van der Waals surface area contributed by atoms with Gasteiger partial charge in [-0.25, -0.2) is 13.2 Å². The molecule has 0 bridgehead atoms. The van der Waals surface area contributed by atoms with Gasteiger partial charge in [-0.05, 0) is 12.3 Å². The summed E-state index contributed by atoms with van der Waals surface area (Å²) in [4.78, 5) is 13.4. The van der Waals surface area contributed by atoms with Crippen molar-refractivity contribution < 1.29 is 17.9 Å². The lowest BCUT2D eigenvalue weighted by molar-refractivity contribution is 0.0530. The van der Waals surface area contributed by atoms with Crippen LogP contribution < -0.4 is 5.32 Å². The van der Waals surface area contributed by atoms with Gasteiger partial charge in [0, 0.05) is 19.6 Å². The molecule has 1 N–H and O–H groups in total. The zero-order valence-corrected chi connectivity index (χ0v) is 10.5. The number of ether oxygens (including phenoxy) is 1. The van der Waals surface area contributed by atoms with Gasteiger partial charge in [0.25, 0.3) is 0 Å². The fourth-order valence-electron chi connectivity index (χ4n) is 2.14. The van der Waals surface area contributed by atoms with Crippen LogP contribution in [0.2, 0.25) is 0 Å².